The van der Waals surface area contributed by atoms with Crippen LogP contribution in [0, 0.1) is 0 Å². The van der Waals surface area contributed by atoms with Crippen molar-refractivity contribution in [3.8, 4) is 0 Å². The van der Waals surface area contributed by atoms with Crippen molar-refractivity contribution in [2.45, 2.75) is 45.8 Å². The van der Waals surface area contributed by atoms with Crippen molar-refractivity contribution >= 4 is 5.96 Å². The second-order valence-electron chi connectivity index (χ2n) is 6.14. The summed E-state index contributed by atoms with van der Waals surface area (Å²) in [5.41, 5.74) is 0.945. The quantitative estimate of drug-likeness (QED) is 0.454. The number of aliphatic hydroxyl groups excluding tert-OH is 1. The third-order valence-electron chi connectivity index (χ3n) is 4.30. The standard InChI is InChI=1S/C19H34N4O/c1-5-16(3)23(4)15-14-22-19(20-6-2)21-13-12-18(24)17-10-8-7-9-11-17/h7-11,16,18,24H,5-6,12-15H2,1-4H3,(H2,20,21,22). The van der Waals surface area contributed by atoms with Gasteiger partial charge in [-0.1, -0.05) is 37.3 Å². The first-order valence-electron chi connectivity index (χ1n) is 9.03. The maximum Gasteiger partial charge on any atom is 0.191 e. The van der Waals surface area contributed by atoms with Gasteiger partial charge in [0.05, 0.1) is 6.10 Å². The van der Waals surface area contributed by atoms with E-state index < -0.39 is 6.10 Å². The summed E-state index contributed by atoms with van der Waals surface area (Å²) in [7, 11) is 2.15. The summed E-state index contributed by atoms with van der Waals surface area (Å²) in [6.07, 6.45) is 1.31. The maximum atomic E-state index is 10.2. The molecule has 5 heteroatoms. The van der Waals surface area contributed by atoms with Crippen LogP contribution in [0.4, 0.5) is 0 Å². The van der Waals surface area contributed by atoms with Crippen LogP contribution in [0.15, 0.2) is 35.3 Å². The molecule has 5 nitrogen and oxygen atoms in total. The first-order valence-corrected chi connectivity index (χ1v) is 9.03. The molecule has 0 amide bonds. The lowest BCUT2D eigenvalue weighted by molar-refractivity contribution is 0.170. The zero-order valence-corrected chi connectivity index (χ0v) is 15.6. The van der Waals surface area contributed by atoms with Crippen molar-refractivity contribution in [2.24, 2.45) is 4.99 Å². The van der Waals surface area contributed by atoms with Crippen molar-refractivity contribution in [1.82, 2.24) is 15.5 Å². The van der Waals surface area contributed by atoms with E-state index in [1.165, 1.54) is 0 Å². The van der Waals surface area contributed by atoms with Crippen LogP contribution in [0.2, 0.25) is 0 Å². The van der Waals surface area contributed by atoms with Crippen molar-refractivity contribution in [2.75, 3.05) is 33.2 Å². The van der Waals surface area contributed by atoms with Crippen LogP contribution in [0.25, 0.3) is 0 Å². The fourth-order valence-electron chi connectivity index (χ4n) is 2.36. The summed E-state index contributed by atoms with van der Waals surface area (Å²) in [4.78, 5) is 6.90. The minimum absolute atomic E-state index is 0.464. The summed E-state index contributed by atoms with van der Waals surface area (Å²) in [6, 6.07) is 10.3. The Morgan fingerprint density at radius 3 is 2.54 bits per heavy atom. The number of nitrogens with zero attached hydrogens (tertiary/aromatic N) is 2. The van der Waals surface area contributed by atoms with Crippen LogP contribution < -0.4 is 10.6 Å². The molecule has 0 aliphatic heterocycles. The third-order valence-corrected chi connectivity index (χ3v) is 4.30. The van der Waals surface area contributed by atoms with Gasteiger partial charge in [-0.25, -0.2) is 0 Å². The van der Waals surface area contributed by atoms with Gasteiger partial charge in [-0.15, -0.1) is 0 Å². The second kappa shape index (κ2) is 11.9. The van der Waals surface area contributed by atoms with E-state index in [2.05, 4.69) is 48.3 Å². The summed E-state index contributed by atoms with van der Waals surface area (Å²) >= 11 is 0. The number of benzene rings is 1. The van der Waals surface area contributed by atoms with Crippen molar-refractivity contribution in [1.29, 1.82) is 0 Å². The van der Waals surface area contributed by atoms with Crippen LogP contribution >= 0.6 is 0 Å². The van der Waals surface area contributed by atoms with Gasteiger partial charge in [-0.2, -0.15) is 0 Å². The van der Waals surface area contributed by atoms with Gasteiger partial charge >= 0.3 is 0 Å². The molecule has 0 saturated carbocycles. The Morgan fingerprint density at radius 2 is 1.92 bits per heavy atom. The first kappa shape index (κ1) is 20.5. The average molecular weight is 335 g/mol. The minimum atomic E-state index is -0.464. The molecule has 0 radical (unpaired) electrons. The molecule has 0 aromatic heterocycles. The highest BCUT2D eigenvalue weighted by molar-refractivity contribution is 5.79. The molecule has 3 N–H and O–H groups in total. The molecular formula is C19H34N4O. The molecule has 136 valence electrons. The predicted octanol–water partition coefficient (Wildman–Crippen LogP) is 2.40. The average Bonchev–Trinajstić information content (AvgIpc) is 2.61. The molecular weight excluding hydrogens is 300 g/mol. The summed E-state index contributed by atoms with van der Waals surface area (Å²) < 4.78 is 0. The molecule has 0 aliphatic carbocycles. The monoisotopic (exact) mass is 334 g/mol. The SMILES string of the molecule is CCNC(=NCCC(O)c1ccccc1)NCCN(C)C(C)CC. The number of hydrogen-bond acceptors (Lipinski definition) is 3. The van der Waals surface area contributed by atoms with Crippen molar-refractivity contribution in [3.05, 3.63) is 35.9 Å². The van der Waals surface area contributed by atoms with Crippen LogP contribution in [-0.4, -0.2) is 55.2 Å². The highest BCUT2D eigenvalue weighted by Crippen LogP contribution is 2.15. The van der Waals surface area contributed by atoms with Gasteiger partial charge < -0.3 is 20.6 Å². The molecule has 1 rings (SSSR count). The van der Waals surface area contributed by atoms with E-state index in [0.717, 1.165) is 37.6 Å². The van der Waals surface area contributed by atoms with Crippen LogP contribution in [0.1, 0.15) is 45.3 Å². The van der Waals surface area contributed by atoms with Crippen molar-refractivity contribution < 1.29 is 5.11 Å². The Morgan fingerprint density at radius 1 is 1.21 bits per heavy atom. The lowest BCUT2D eigenvalue weighted by atomic mass is 10.1. The van der Waals surface area contributed by atoms with Gasteiger partial charge in [-0.3, -0.25) is 4.99 Å². The predicted molar refractivity (Wildman–Crippen MR) is 102 cm³/mol. The van der Waals surface area contributed by atoms with Gasteiger partial charge in [0, 0.05) is 32.2 Å². The molecule has 0 spiro atoms. The summed E-state index contributed by atoms with van der Waals surface area (Å²) in [5, 5.41) is 16.8. The molecule has 0 bridgehead atoms. The van der Waals surface area contributed by atoms with E-state index in [0.29, 0.717) is 19.0 Å². The molecule has 1 aromatic rings. The van der Waals surface area contributed by atoms with E-state index >= 15 is 0 Å². The smallest absolute Gasteiger partial charge is 0.191 e. The van der Waals surface area contributed by atoms with E-state index in [1.54, 1.807) is 0 Å². The zero-order valence-electron chi connectivity index (χ0n) is 15.6. The van der Waals surface area contributed by atoms with E-state index in [-0.39, 0.29) is 0 Å². The van der Waals surface area contributed by atoms with Gasteiger partial charge in [0.1, 0.15) is 0 Å². The molecule has 0 heterocycles. The van der Waals surface area contributed by atoms with Crippen LogP contribution in [-0.2, 0) is 0 Å². The molecule has 0 saturated heterocycles. The van der Waals surface area contributed by atoms with Crippen LogP contribution in [0.5, 0.6) is 0 Å². The summed E-state index contributed by atoms with van der Waals surface area (Å²) in [5.74, 6) is 0.815. The highest BCUT2D eigenvalue weighted by Gasteiger charge is 2.08. The van der Waals surface area contributed by atoms with Gasteiger partial charge in [-0.05, 0) is 39.3 Å². The number of nitrogens with one attached hydrogen (secondary N) is 2. The number of guanidine groups is 1. The third kappa shape index (κ3) is 7.79. The molecule has 0 aliphatic rings. The van der Waals surface area contributed by atoms with Gasteiger partial charge in [0.25, 0.3) is 0 Å². The number of aliphatic imine (C=N–C) groups is 1. The summed E-state index contributed by atoms with van der Waals surface area (Å²) in [6.45, 7) is 9.75. The van der Waals surface area contributed by atoms with E-state index in [4.69, 9.17) is 0 Å². The largest absolute Gasteiger partial charge is 0.388 e. The normalized spacial score (nSPS) is 14.5. The van der Waals surface area contributed by atoms with E-state index in [9.17, 15) is 5.11 Å². The fourth-order valence-corrected chi connectivity index (χ4v) is 2.36. The topological polar surface area (TPSA) is 59.9 Å². The van der Waals surface area contributed by atoms with Gasteiger partial charge in [0.15, 0.2) is 5.96 Å². The number of likely N-dealkylation sites (N-methyl/N-ethyl adjacent to an activating group) is 1. The number of aliphatic hydroxyl groups is 1. The molecule has 24 heavy (non-hydrogen) atoms. The Bertz CT molecular complexity index is 464. The highest BCUT2D eigenvalue weighted by atomic mass is 16.3. The van der Waals surface area contributed by atoms with Crippen molar-refractivity contribution in [3.63, 3.8) is 0 Å². The molecule has 2 unspecified atom stereocenters. The Balaban J connectivity index is 2.39. The molecule has 2 atom stereocenters. The lowest BCUT2D eigenvalue weighted by Crippen LogP contribution is -2.42. The Labute approximate surface area is 147 Å². The Kier molecular flexibility index (Phi) is 10.1. The molecule has 1 aromatic carbocycles. The number of hydrogen-bond donors (Lipinski definition) is 3. The van der Waals surface area contributed by atoms with Gasteiger partial charge in [0.2, 0.25) is 0 Å². The Hall–Kier alpha value is -1.59. The van der Waals surface area contributed by atoms with Crippen LogP contribution in [0.3, 0.4) is 0 Å². The zero-order chi connectivity index (χ0) is 17.8. The first-order chi connectivity index (χ1) is 11.6. The lowest BCUT2D eigenvalue weighted by Gasteiger charge is -2.24. The minimum Gasteiger partial charge on any atom is -0.388 e. The fraction of sp³-hybridized carbons (Fsp3) is 0.632. The molecule has 0 fully saturated rings. The van der Waals surface area contributed by atoms with E-state index in [1.807, 2.05) is 30.3 Å². The maximum absolute atomic E-state index is 10.2. The number of rotatable bonds is 10. The second-order valence-corrected chi connectivity index (χ2v) is 6.14.